The Labute approximate surface area is 171 Å². The number of aryl methyl sites for hydroxylation is 1. The molecular formula is C22H23ClO4S. The monoisotopic (exact) mass is 418 g/mol. The van der Waals surface area contributed by atoms with Crippen molar-refractivity contribution >= 4 is 33.5 Å². The predicted octanol–water partition coefficient (Wildman–Crippen LogP) is 4.93. The van der Waals surface area contributed by atoms with E-state index in [-0.39, 0.29) is 4.90 Å². The fourth-order valence-electron chi connectivity index (χ4n) is 2.82. The highest BCUT2D eigenvalue weighted by atomic mass is 35.5. The lowest BCUT2D eigenvalue weighted by Crippen LogP contribution is -2.37. The van der Waals surface area contributed by atoms with Crippen LogP contribution in [0.15, 0.2) is 76.7 Å². The minimum absolute atomic E-state index is 0.141. The van der Waals surface area contributed by atoms with Crippen LogP contribution in [0.5, 0.6) is 0 Å². The van der Waals surface area contributed by atoms with Crippen LogP contribution >= 0.6 is 11.6 Å². The number of benzene rings is 2. The van der Waals surface area contributed by atoms with E-state index in [4.69, 9.17) is 16.3 Å². The van der Waals surface area contributed by atoms with E-state index in [1.54, 1.807) is 37.3 Å². The molecule has 0 amide bonds. The third-order valence-corrected chi connectivity index (χ3v) is 6.40. The second kappa shape index (κ2) is 9.71. The quantitative estimate of drug-likeness (QED) is 0.598. The molecule has 2 aromatic rings. The van der Waals surface area contributed by atoms with Crippen LogP contribution in [-0.4, -0.2) is 25.7 Å². The molecule has 148 valence electrons. The zero-order valence-electron chi connectivity index (χ0n) is 16.0. The van der Waals surface area contributed by atoms with Gasteiger partial charge in [0.05, 0.1) is 4.90 Å². The van der Waals surface area contributed by atoms with Crippen LogP contribution in [0, 0.1) is 6.92 Å². The summed E-state index contributed by atoms with van der Waals surface area (Å²) in [6.07, 6.45) is 2.12. The van der Waals surface area contributed by atoms with Crippen LogP contribution in [-0.2, 0) is 19.4 Å². The highest BCUT2D eigenvalue weighted by Crippen LogP contribution is 2.27. The van der Waals surface area contributed by atoms with Crippen molar-refractivity contribution in [2.45, 2.75) is 37.0 Å². The van der Waals surface area contributed by atoms with Crippen LogP contribution in [0.2, 0.25) is 0 Å². The van der Waals surface area contributed by atoms with Crippen LogP contribution in [0.3, 0.4) is 0 Å². The molecule has 0 aromatic heterocycles. The number of hydrogen-bond acceptors (Lipinski definition) is 4. The molecule has 2 aromatic carbocycles. The Morgan fingerprint density at radius 2 is 1.64 bits per heavy atom. The van der Waals surface area contributed by atoms with Gasteiger partial charge in [0.25, 0.3) is 0 Å². The summed E-state index contributed by atoms with van der Waals surface area (Å²) in [7, 11) is -3.85. The molecule has 2 atom stereocenters. The Morgan fingerprint density at radius 3 is 2.18 bits per heavy atom. The van der Waals surface area contributed by atoms with Crippen molar-refractivity contribution in [2.75, 3.05) is 0 Å². The van der Waals surface area contributed by atoms with Gasteiger partial charge in [-0.25, -0.2) is 8.42 Å². The first kappa shape index (κ1) is 21.9. The van der Waals surface area contributed by atoms with Crippen molar-refractivity contribution in [2.24, 2.45) is 0 Å². The van der Waals surface area contributed by atoms with Gasteiger partial charge in [-0.15, -0.1) is 0 Å². The fraction of sp³-hybridized carbons (Fsp3) is 0.227. The molecule has 28 heavy (non-hydrogen) atoms. The highest BCUT2D eigenvalue weighted by Gasteiger charge is 2.36. The summed E-state index contributed by atoms with van der Waals surface area (Å²) >= 11 is 5.76. The molecule has 0 saturated carbocycles. The van der Waals surface area contributed by atoms with E-state index in [2.05, 4.69) is 0 Å². The predicted molar refractivity (Wildman–Crippen MR) is 113 cm³/mol. The summed E-state index contributed by atoms with van der Waals surface area (Å²) in [4.78, 5) is 11.9. The molecule has 0 N–H and O–H groups in total. The Balaban J connectivity index is 2.54. The lowest BCUT2D eigenvalue weighted by Gasteiger charge is -2.25. The second-order valence-corrected chi connectivity index (χ2v) is 8.83. The molecule has 0 heterocycles. The zero-order chi connectivity index (χ0) is 20.7. The number of rotatable bonds is 7. The molecule has 0 bridgehead atoms. The maximum atomic E-state index is 13.3. The van der Waals surface area contributed by atoms with Gasteiger partial charge >= 0.3 is 5.97 Å². The normalized spacial score (nSPS) is 14.6. The maximum absolute atomic E-state index is 13.3. The number of ether oxygens (including phenoxy) is 1. The smallest absolute Gasteiger partial charge is 0.303 e. The van der Waals surface area contributed by atoms with E-state index >= 15 is 0 Å². The standard InChI is InChI=1S/C22H23ClO4S/c1-16-9-11-20(12-10-16)28(25,26)21(13-14-23)22(27-18(3)24)17(2)15-19-7-5-4-6-8-19/h4-15,21-22H,1-3H3/b14-13+,17-15+/t21-,22-/m1/s1. The molecule has 0 aliphatic rings. The lowest BCUT2D eigenvalue weighted by molar-refractivity contribution is -0.144. The van der Waals surface area contributed by atoms with Gasteiger partial charge in [-0.2, -0.15) is 0 Å². The fourth-order valence-corrected chi connectivity index (χ4v) is 4.77. The minimum Gasteiger partial charge on any atom is -0.456 e. The van der Waals surface area contributed by atoms with Gasteiger partial charge in [-0.05, 0) is 37.1 Å². The van der Waals surface area contributed by atoms with E-state index in [0.717, 1.165) is 16.7 Å². The zero-order valence-corrected chi connectivity index (χ0v) is 17.6. The SMILES string of the molecule is CC(=O)O[C@H](/C(C)=C/c1ccccc1)[C@@H](/C=C/Cl)S(=O)(=O)c1ccc(C)cc1. The molecule has 0 aliphatic carbocycles. The van der Waals surface area contributed by atoms with Crippen molar-refractivity contribution in [3.63, 3.8) is 0 Å². The van der Waals surface area contributed by atoms with E-state index in [9.17, 15) is 13.2 Å². The molecule has 0 fully saturated rings. The minimum atomic E-state index is -3.85. The second-order valence-electron chi connectivity index (χ2n) is 6.47. The molecule has 0 unspecified atom stereocenters. The number of hydrogen-bond donors (Lipinski definition) is 0. The van der Waals surface area contributed by atoms with Gasteiger partial charge in [0, 0.05) is 12.5 Å². The average molecular weight is 419 g/mol. The first-order chi connectivity index (χ1) is 13.3. The van der Waals surface area contributed by atoms with Crippen molar-refractivity contribution in [1.29, 1.82) is 0 Å². The molecule has 0 saturated heterocycles. The third kappa shape index (κ3) is 5.57. The summed E-state index contributed by atoms with van der Waals surface area (Å²) in [5.41, 5.74) is 3.55. The molecule has 0 radical (unpaired) electrons. The number of halogens is 1. The van der Waals surface area contributed by atoms with Crippen LogP contribution in [0.4, 0.5) is 0 Å². The molecule has 6 heteroatoms. The molecule has 0 spiro atoms. The molecular weight excluding hydrogens is 396 g/mol. The van der Waals surface area contributed by atoms with Gasteiger partial charge in [0.15, 0.2) is 9.84 Å². The maximum Gasteiger partial charge on any atom is 0.303 e. The number of esters is 1. The molecule has 4 nitrogen and oxygen atoms in total. The Morgan fingerprint density at radius 1 is 1.04 bits per heavy atom. The van der Waals surface area contributed by atoms with Crippen molar-refractivity contribution in [3.8, 4) is 0 Å². The van der Waals surface area contributed by atoms with Gasteiger partial charge < -0.3 is 4.74 Å². The Kier molecular flexibility index (Phi) is 7.61. The topological polar surface area (TPSA) is 60.4 Å². The summed E-state index contributed by atoms with van der Waals surface area (Å²) in [6.45, 7) is 4.87. The average Bonchev–Trinajstić information content (AvgIpc) is 2.65. The third-order valence-electron chi connectivity index (χ3n) is 4.20. The summed E-state index contributed by atoms with van der Waals surface area (Å²) in [6, 6.07) is 15.9. The van der Waals surface area contributed by atoms with Crippen LogP contribution < -0.4 is 0 Å². The largest absolute Gasteiger partial charge is 0.456 e. The van der Waals surface area contributed by atoms with Crippen molar-refractivity contribution in [3.05, 3.63) is 82.9 Å². The van der Waals surface area contributed by atoms with Crippen molar-refractivity contribution in [1.82, 2.24) is 0 Å². The van der Waals surface area contributed by atoms with E-state index in [0.29, 0.717) is 5.57 Å². The Bertz CT molecular complexity index is 961. The molecule has 2 rings (SSSR count). The number of sulfone groups is 1. The van der Waals surface area contributed by atoms with Gasteiger partial charge in [-0.3, -0.25) is 4.79 Å². The van der Waals surface area contributed by atoms with Gasteiger partial charge in [0.2, 0.25) is 0 Å². The van der Waals surface area contributed by atoms with Crippen LogP contribution in [0.25, 0.3) is 6.08 Å². The number of carbonyl (C=O) groups is 1. The first-order valence-corrected chi connectivity index (χ1v) is 10.7. The Hall–Kier alpha value is -2.37. The number of carbonyl (C=O) groups excluding carboxylic acids is 1. The van der Waals surface area contributed by atoms with E-state index < -0.39 is 27.2 Å². The lowest BCUT2D eigenvalue weighted by atomic mass is 10.0. The van der Waals surface area contributed by atoms with Gasteiger partial charge in [-0.1, -0.05) is 71.8 Å². The highest BCUT2D eigenvalue weighted by molar-refractivity contribution is 7.92. The van der Waals surface area contributed by atoms with E-state index in [1.165, 1.54) is 13.0 Å². The van der Waals surface area contributed by atoms with Crippen molar-refractivity contribution < 1.29 is 17.9 Å². The first-order valence-electron chi connectivity index (χ1n) is 8.73. The summed E-state index contributed by atoms with van der Waals surface area (Å²) in [5.74, 6) is -0.571. The summed E-state index contributed by atoms with van der Waals surface area (Å²) in [5, 5.41) is -1.16. The van der Waals surface area contributed by atoms with Gasteiger partial charge in [0.1, 0.15) is 11.4 Å². The summed E-state index contributed by atoms with van der Waals surface area (Å²) < 4.78 is 32.0. The van der Waals surface area contributed by atoms with Crippen LogP contribution in [0.1, 0.15) is 25.0 Å². The van der Waals surface area contributed by atoms with E-state index in [1.807, 2.05) is 37.3 Å². The molecule has 0 aliphatic heterocycles.